The molecule has 1 atom stereocenters. The van der Waals surface area contributed by atoms with Gasteiger partial charge in [-0.3, -0.25) is 0 Å². The molecule has 4 heteroatoms. The van der Waals surface area contributed by atoms with Crippen LogP contribution in [0.1, 0.15) is 19.8 Å². The molecule has 1 aromatic heterocycles. The van der Waals surface area contributed by atoms with Crippen LogP contribution < -0.4 is 10.8 Å². The third kappa shape index (κ3) is 1.27. The zero-order valence-electron chi connectivity index (χ0n) is 7.94. The van der Waals surface area contributed by atoms with Crippen LogP contribution in [0.15, 0.2) is 28.3 Å². The van der Waals surface area contributed by atoms with E-state index in [1.807, 2.05) is 13.0 Å². The standard InChI is InChI=1S/C10H10N4/c1-2-5-10(7-11)13-8-4-3-6-12-9(8)14-10/h3-4,6H,2,5H2,1H3. The Kier molecular flexibility index (Phi) is 2.01. The number of nitrogens with zero attached hydrogens (tertiary/aromatic N) is 4. The molecule has 0 aliphatic carbocycles. The third-order valence-corrected chi connectivity index (χ3v) is 2.14. The van der Waals surface area contributed by atoms with Crippen LogP contribution in [0.25, 0.3) is 0 Å². The topological polar surface area (TPSA) is 61.4 Å². The van der Waals surface area contributed by atoms with E-state index in [-0.39, 0.29) is 0 Å². The lowest BCUT2D eigenvalue weighted by atomic mass is 10.1. The summed E-state index contributed by atoms with van der Waals surface area (Å²) in [5.41, 5.74) is -0.326. The molecule has 0 spiro atoms. The average molecular weight is 186 g/mol. The second-order valence-electron chi connectivity index (χ2n) is 3.25. The van der Waals surface area contributed by atoms with Crippen LogP contribution in [0.4, 0.5) is 0 Å². The predicted octanol–water partition coefficient (Wildman–Crippen LogP) is 0.354. The summed E-state index contributed by atoms with van der Waals surface area (Å²) in [7, 11) is 0. The minimum absolute atomic E-state index is 0.586. The zero-order chi connectivity index (χ0) is 10.0. The Labute approximate surface area is 81.7 Å². The van der Waals surface area contributed by atoms with Gasteiger partial charge in [-0.1, -0.05) is 13.3 Å². The first-order valence-corrected chi connectivity index (χ1v) is 4.62. The fourth-order valence-electron chi connectivity index (χ4n) is 1.53. The van der Waals surface area contributed by atoms with Crippen molar-refractivity contribution in [2.45, 2.75) is 25.4 Å². The number of pyridine rings is 1. The SMILES string of the molecule is CCCC1(C#N)N=c2cccnc2=N1. The van der Waals surface area contributed by atoms with Gasteiger partial charge in [0.05, 0.1) is 0 Å². The van der Waals surface area contributed by atoms with E-state index in [0.717, 1.165) is 11.8 Å². The highest BCUT2D eigenvalue weighted by Crippen LogP contribution is 2.18. The van der Waals surface area contributed by atoms with Gasteiger partial charge in [0, 0.05) is 12.6 Å². The van der Waals surface area contributed by atoms with Gasteiger partial charge in [-0.2, -0.15) is 5.26 Å². The van der Waals surface area contributed by atoms with Gasteiger partial charge < -0.3 is 0 Å². The Morgan fingerprint density at radius 2 is 2.36 bits per heavy atom. The molecule has 1 aliphatic rings. The van der Waals surface area contributed by atoms with Gasteiger partial charge in [0.15, 0.2) is 5.49 Å². The Morgan fingerprint density at radius 3 is 3.00 bits per heavy atom. The van der Waals surface area contributed by atoms with Crippen molar-refractivity contribution < 1.29 is 0 Å². The summed E-state index contributed by atoms with van der Waals surface area (Å²) in [5, 5.41) is 9.78. The van der Waals surface area contributed by atoms with Gasteiger partial charge in [0.2, 0.25) is 5.66 Å². The fourth-order valence-corrected chi connectivity index (χ4v) is 1.53. The Hall–Kier alpha value is -1.76. The number of aromatic nitrogens is 1. The maximum Gasteiger partial charge on any atom is 0.239 e. The lowest BCUT2D eigenvalue weighted by molar-refractivity contribution is 0.513. The molecule has 0 aromatic carbocycles. The molecule has 0 radical (unpaired) electrons. The maximum atomic E-state index is 9.05. The molecular weight excluding hydrogens is 176 g/mol. The summed E-state index contributed by atoms with van der Waals surface area (Å²) >= 11 is 0. The van der Waals surface area contributed by atoms with Crippen molar-refractivity contribution in [1.29, 1.82) is 5.26 Å². The third-order valence-electron chi connectivity index (χ3n) is 2.14. The van der Waals surface area contributed by atoms with E-state index < -0.39 is 5.66 Å². The molecule has 0 saturated heterocycles. The molecule has 1 unspecified atom stereocenters. The number of nitriles is 1. The van der Waals surface area contributed by atoms with Crippen LogP contribution in [0.3, 0.4) is 0 Å². The van der Waals surface area contributed by atoms with Gasteiger partial charge in [-0.15, -0.1) is 0 Å². The van der Waals surface area contributed by atoms with Crippen LogP contribution in [0.5, 0.6) is 0 Å². The van der Waals surface area contributed by atoms with Crippen molar-refractivity contribution in [2.75, 3.05) is 0 Å². The maximum absolute atomic E-state index is 9.05. The van der Waals surface area contributed by atoms with Crippen LogP contribution >= 0.6 is 0 Å². The molecule has 1 aromatic rings. The molecule has 0 bridgehead atoms. The van der Waals surface area contributed by atoms with Gasteiger partial charge in [0.25, 0.3) is 0 Å². The quantitative estimate of drug-likeness (QED) is 0.669. The molecular formula is C10H10N4. The minimum atomic E-state index is -0.911. The fraction of sp³-hybridized carbons (Fsp3) is 0.400. The first-order valence-electron chi connectivity index (χ1n) is 4.62. The van der Waals surface area contributed by atoms with Crippen molar-refractivity contribution in [1.82, 2.24) is 4.98 Å². The largest absolute Gasteiger partial charge is 0.239 e. The summed E-state index contributed by atoms with van der Waals surface area (Å²) in [6.07, 6.45) is 3.20. The lowest BCUT2D eigenvalue weighted by Gasteiger charge is -2.11. The van der Waals surface area contributed by atoms with Crippen molar-refractivity contribution in [3.8, 4) is 6.07 Å². The van der Waals surface area contributed by atoms with E-state index >= 15 is 0 Å². The Morgan fingerprint density at radius 1 is 1.50 bits per heavy atom. The summed E-state index contributed by atoms with van der Waals surface area (Å²) < 4.78 is 0. The van der Waals surface area contributed by atoms with Gasteiger partial charge in [-0.05, 0) is 12.1 Å². The van der Waals surface area contributed by atoms with Crippen molar-refractivity contribution in [3.05, 3.63) is 29.2 Å². The van der Waals surface area contributed by atoms with E-state index in [2.05, 4.69) is 21.0 Å². The van der Waals surface area contributed by atoms with Crippen LogP contribution in [0.2, 0.25) is 0 Å². The van der Waals surface area contributed by atoms with Crippen molar-refractivity contribution >= 4 is 0 Å². The lowest BCUT2D eigenvalue weighted by Crippen LogP contribution is -2.24. The van der Waals surface area contributed by atoms with Crippen molar-refractivity contribution in [2.24, 2.45) is 9.98 Å². The molecule has 1 aliphatic heterocycles. The molecule has 0 amide bonds. The molecule has 2 heterocycles. The highest BCUT2D eigenvalue weighted by molar-refractivity contribution is 5.11. The normalized spacial score (nSPS) is 23.1. The first kappa shape index (κ1) is 8.82. The van der Waals surface area contributed by atoms with Gasteiger partial charge >= 0.3 is 0 Å². The summed E-state index contributed by atoms with van der Waals surface area (Å²) in [6, 6.07) is 5.79. The second-order valence-corrected chi connectivity index (χ2v) is 3.25. The van der Waals surface area contributed by atoms with Crippen LogP contribution in [-0.4, -0.2) is 10.6 Å². The van der Waals surface area contributed by atoms with Gasteiger partial charge in [0.1, 0.15) is 11.4 Å². The molecule has 0 fully saturated rings. The number of fused-ring (bicyclic) bond motifs is 1. The first-order chi connectivity index (χ1) is 6.79. The average Bonchev–Trinajstić information content (AvgIpc) is 2.57. The molecule has 4 nitrogen and oxygen atoms in total. The van der Waals surface area contributed by atoms with E-state index in [1.54, 1.807) is 12.3 Å². The summed E-state index contributed by atoms with van der Waals surface area (Å²) in [4.78, 5) is 12.6. The van der Waals surface area contributed by atoms with E-state index in [4.69, 9.17) is 5.26 Å². The summed E-state index contributed by atoms with van der Waals surface area (Å²) in [5.74, 6) is 0. The zero-order valence-corrected chi connectivity index (χ0v) is 7.94. The van der Waals surface area contributed by atoms with Gasteiger partial charge in [-0.25, -0.2) is 15.0 Å². The molecule has 14 heavy (non-hydrogen) atoms. The molecule has 2 rings (SSSR count). The Bertz CT molecular complexity index is 463. The molecule has 0 N–H and O–H groups in total. The highest BCUT2D eigenvalue weighted by atomic mass is 15.1. The number of hydrogen-bond donors (Lipinski definition) is 0. The smallest absolute Gasteiger partial charge is 0.237 e. The van der Waals surface area contributed by atoms with Crippen LogP contribution in [-0.2, 0) is 0 Å². The van der Waals surface area contributed by atoms with Crippen molar-refractivity contribution in [3.63, 3.8) is 0 Å². The second kappa shape index (κ2) is 3.18. The van der Waals surface area contributed by atoms with E-state index in [0.29, 0.717) is 11.9 Å². The minimum Gasteiger partial charge on any atom is -0.237 e. The van der Waals surface area contributed by atoms with E-state index in [1.165, 1.54) is 0 Å². The van der Waals surface area contributed by atoms with Crippen LogP contribution in [0, 0.1) is 11.3 Å². The van der Waals surface area contributed by atoms with E-state index in [9.17, 15) is 0 Å². The summed E-state index contributed by atoms with van der Waals surface area (Å²) in [6.45, 7) is 2.01. The predicted molar refractivity (Wildman–Crippen MR) is 49.8 cm³/mol. The Balaban J connectivity index is 2.57. The number of rotatable bonds is 2. The molecule has 70 valence electrons. The number of hydrogen-bond acceptors (Lipinski definition) is 4. The monoisotopic (exact) mass is 186 g/mol. The highest BCUT2D eigenvalue weighted by Gasteiger charge is 2.30. The molecule has 0 saturated carbocycles.